The van der Waals surface area contributed by atoms with E-state index in [0.29, 0.717) is 34.1 Å². The maximum absolute atomic E-state index is 13.0. The van der Waals surface area contributed by atoms with Crippen molar-refractivity contribution in [1.29, 1.82) is 0 Å². The average molecular weight is 434 g/mol. The maximum atomic E-state index is 13.0. The number of hydrogen-bond donors (Lipinski definition) is 2. The number of carbonyl (C=O) groups excluding carboxylic acids is 2. The van der Waals surface area contributed by atoms with E-state index in [-0.39, 0.29) is 11.9 Å². The van der Waals surface area contributed by atoms with Gasteiger partial charge < -0.3 is 24.8 Å². The predicted octanol–water partition coefficient (Wildman–Crippen LogP) is 4.46. The molecule has 0 fully saturated rings. The third kappa shape index (κ3) is 5.00. The van der Waals surface area contributed by atoms with Crippen LogP contribution < -0.4 is 24.8 Å². The largest absolute Gasteiger partial charge is 0.493 e. The van der Waals surface area contributed by atoms with Crippen LogP contribution in [0, 0.1) is 0 Å². The van der Waals surface area contributed by atoms with E-state index in [1.54, 1.807) is 36.4 Å². The fourth-order valence-electron chi connectivity index (χ4n) is 3.30. The van der Waals surface area contributed by atoms with Gasteiger partial charge in [0, 0.05) is 5.56 Å². The van der Waals surface area contributed by atoms with Gasteiger partial charge in [0.2, 0.25) is 5.75 Å². The molecule has 0 radical (unpaired) electrons. The zero-order valence-electron chi connectivity index (χ0n) is 18.5. The van der Waals surface area contributed by atoms with Crippen molar-refractivity contribution in [2.45, 2.75) is 13.0 Å². The van der Waals surface area contributed by atoms with Crippen LogP contribution >= 0.6 is 0 Å². The molecule has 1 atom stereocenters. The van der Waals surface area contributed by atoms with Gasteiger partial charge in [0.05, 0.1) is 38.6 Å². The molecule has 0 heterocycles. The van der Waals surface area contributed by atoms with Crippen molar-refractivity contribution in [3.63, 3.8) is 0 Å². The Morgan fingerprint density at radius 2 is 1.38 bits per heavy atom. The lowest BCUT2D eigenvalue weighted by Gasteiger charge is -2.17. The van der Waals surface area contributed by atoms with Crippen molar-refractivity contribution >= 4 is 17.5 Å². The highest BCUT2D eigenvalue weighted by Gasteiger charge is 2.20. The SMILES string of the molecule is COc1cc(C(=O)Nc2ccccc2C(=O)NC(C)c2ccccc2)cc(OC)c1OC. The number of anilines is 1. The molecule has 1 unspecified atom stereocenters. The number of amides is 2. The van der Waals surface area contributed by atoms with E-state index in [1.165, 1.54) is 21.3 Å². The van der Waals surface area contributed by atoms with E-state index in [1.807, 2.05) is 37.3 Å². The van der Waals surface area contributed by atoms with Gasteiger partial charge in [0.25, 0.3) is 11.8 Å². The topological polar surface area (TPSA) is 85.9 Å². The molecule has 7 nitrogen and oxygen atoms in total. The summed E-state index contributed by atoms with van der Waals surface area (Å²) in [6.07, 6.45) is 0. The Hall–Kier alpha value is -4.00. The van der Waals surface area contributed by atoms with Crippen LogP contribution in [0.4, 0.5) is 5.69 Å². The molecule has 2 amide bonds. The molecule has 3 aromatic carbocycles. The highest BCUT2D eigenvalue weighted by atomic mass is 16.5. The van der Waals surface area contributed by atoms with Crippen LogP contribution in [0.5, 0.6) is 17.2 Å². The number of ether oxygens (including phenoxy) is 3. The summed E-state index contributed by atoms with van der Waals surface area (Å²) in [6.45, 7) is 1.91. The van der Waals surface area contributed by atoms with Gasteiger partial charge in [-0.3, -0.25) is 9.59 Å². The molecule has 0 aliphatic carbocycles. The molecule has 32 heavy (non-hydrogen) atoms. The number of hydrogen-bond acceptors (Lipinski definition) is 5. The van der Waals surface area contributed by atoms with Crippen LogP contribution in [0.2, 0.25) is 0 Å². The molecule has 3 aromatic rings. The fraction of sp³-hybridized carbons (Fsp3) is 0.200. The molecule has 0 saturated carbocycles. The Bertz CT molecular complexity index is 1070. The Morgan fingerprint density at radius 3 is 1.97 bits per heavy atom. The zero-order chi connectivity index (χ0) is 23.1. The van der Waals surface area contributed by atoms with E-state index in [4.69, 9.17) is 14.2 Å². The number of para-hydroxylation sites is 1. The first-order valence-electron chi connectivity index (χ1n) is 10.0. The molecule has 0 bridgehead atoms. The summed E-state index contributed by atoms with van der Waals surface area (Å²) in [5.74, 6) is 0.406. The molecule has 0 aliphatic heterocycles. The summed E-state index contributed by atoms with van der Waals surface area (Å²) >= 11 is 0. The van der Waals surface area contributed by atoms with Gasteiger partial charge in [-0.1, -0.05) is 42.5 Å². The van der Waals surface area contributed by atoms with Crippen LogP contribution in [-0.4, -0.2) is 33.1 Å². The molecule has 166 valence electrons. The molecular formula is C25H26N2O5. The second kappa shape index (κ2) is 10.3. The highest BCUT2D eigenvalue weighted by molar-refractivity contribution is 6.09. The van der Waals surface area contributed by atoms with Gasteiger partial charge in [0.1, 0.15) is 0 Å². The van der Waals surface area contributed by atoms with Crippen molar-refractivity contribution < 1.29 is 23.8 Å². The normalized spacial score (nSPS) is 11.2. The second-order valence-electron chi connectivity index (χ2n) is 7.02. The standard InChI is InChI=1S/C25H26N2O5/c1-16(17-10-6-5-7-11-17)26-25(29)19-12-8-9-13-20(19)27-24(28)18-14-21(30-2)23(32-4)22(15-18)31-3/h5-16H,1-4H3,(H,26,29)(H,27,28). The summed E-state index contributed by atoms with van der Waals surface area (Å²) in [6, 6.07) is 19.4. The van der Waals surface area contributed by atoms with Crippen molar-refractivity contribution in [2.75, 3.05) is 26.6 Å². The summed E-state index contributed by atoms with van der Waals surface area (Å²) in [5.41, 5.74) is 2.03. The van der Waals surface area contributed by atoms with Gasteiger partial charge in [0.15, 0.2) is 11.5 Å². The fourth-order valence-corrected chi connectivity index (χ4v) is 3.30. The summed E-state index contributed by atoms with van der Waals surface area (Å²) in [4.78, 5) is 25.9. The number of rotatable bonds is 8. The molecule has 0 aliphatic rings. The zero-order valence-corrected chi connectivity index (χ0v) is 18.5. The minimum atomic E-state index is -0.416. The van der Waals surface area contributed by atoms with E-state index >= 15 is 0 Å². The molecular weight excluding hydrogens is 408 g/mol. The Labute approximate surface area is 187 Å². The number of benzene rings is 3. The molecule has 3 rings (SSSR count). The third-order valence-electron chi connectivity index (χ3n) is 4.99. The summed E-state index contributed by atoms with van der Waals surface area (Å²) < 4.78 is 15.9. The first kappa shape index (κ1) is 22.7. The first-order chi connectivity index (χ1) is 15.5. The maximum Gasteiger partial charge on any atom is 0.255 e. The van der Waals surface area contributed by atoms with Crippen LogP contribution in [-0.2, 0) is 0 Å². The first-order valence-corrected chi connectivity index (χ1v) is 10.0. The summed E-state index contributed by atoms with van der Waals surface area (Å²) in [5, 5.41) is 5.78. The van der Waals surface area contributed by atoms with E-state index in [2.05, 4.69) is 10.6 Å². The minimum absolute atomic E-state index is 0.192. The Morgan fingerprint density at radius 1 is 0.781 bits per heavy atom. The van der Waals surface area contributed by atoms with Crippen molar-refractivity contribution in [3.05, 3.63) is 83.4 Å². The Kier molecular flexibility index (Phi) is 7.33. The number of carbonyl (C=O) groups is 2. The van der Waals surface area contributed by atoms with Crippen molar-refractivity contribution in [1.82, 2.24) is 5.32 Å². The lowest BCUT2D eigenvalue weighted by atomic mass is 10.1. The quantitative estimate of drug-likeness (QED) is 0.547. The molecule has 7 heteroatoms. The van der Waals surface area contributed by atoms with E-state index < -0.39 is 5.91 Å². The minimum Gasteiger partial charge on any atom is -0.493 e. The highest BCUT2D eigenvalue weighted by Crippen LogP contribution is 2.38. The second-order valence-corrected chi connectivity index (χ2v) is 7.02. The van der Waals surface area contributed by atoms with Gasteiger partial charge in [-0.25, -0.2) is 0 Å². The predicted molar refractivity (Wildman–Crippen MR) is 123 cm³/mol. The smallest absolute Gasteiger partial charge is 0.255 e. The Balaban J connectivity index is 1.83. The molecule has 2 N–H and O–H groups in total. The van der Waals surface area contributed by atoms with Crippen LogP contribution in [0.3, 0.4) is 0 Å². The molecule has 0 aromatic heterocycles. The van der Waals surface area contributed by atoms with Crippen LogP contribution in [0.15, 0.2) is 66.7 Å². The van der Waals surface area contributed by atoms with E-state index in [0.717, 1.165) is 5.56 Å². The van der Waals surface area contributed by atoms with Crippen molar-refractivity contribution in [3.8, 4) is 17.2 Å². The molecule has 0 saturated heterocycles. The number of nitrogens with one attached hydrogen (secondary N) is 2. The lowest BCUT2D eigenvalue weighted by Crippen LogP contribution is -2.28. The van der Waals surface area contributed by atoms with Crippen LogP contribution in [0.1, 0.15) is 39.2 Å². The lowest BCUT2D eigenvalue weighted by molar-refractivity contribution is 0.0940. The average Bonchev–Trinajstić information content (AvgIpc) is 2.83. The van der Waals surface area contributed by atoms with Crippen molar-refractivity contribution in [2.24, 2.45) is 0 Å². The van der Waals surface area contributed by atoms with Crippen LogP contribution in [0.25, 0.3) is 0 Å². The molecule has 0 spiro atoms. The van der Waals surface area contributed by atoms with E-state index in [9.17, 15) is 9.59 Å². The third-order valence-corrected chi connectivity index (χ3v) is 4.99. The monoisotopic (exact) mass is 434 g/mol. The summed E-state index contributed by atoms with van der Waals surface area (Å²) in [7, 11) is 4.45. The van der Waals surface area contributed by atoms with Gasteiger partial charge in [-0.2, -0.15) is 0 Å². The number of methoxy groups -OCH3 is 3. The van der Waals surface area contributed by atoms with Gasteiger partial charge in [-0.05, 0) is 36.8 Å². The van der Waals surface area contributed by atoms with Gasteiger partial charge in [-0.15, -0.1) is 0 Å². The van der Waals surface area contributed by atoms with Gasteiger partial charge >= 0.3 is 0 Å².